The summed E-state index contributed by atoms with van der Waals surface area (Å²) in [6, 6.07) is 10.5. The van der Waals surface area contributed by atoms with Gasteiger partial charge in [0.1, 0.15) is 0 Å². The van der Waals surface area contributed by atoms with E-state index in [0.717, 1.165) is 16.3 Å². The van der Waals surface area contributed by atoms with Crippen LogP contribution in [0.25, 0.3) is 10.7 Å². The van der Waals surface area contributed by atoms with Crippen molar-refractivity contribution in [2.45, 2.75) is 10.9 Å². The fourth-order valence-corrected chi connectivity index (χ4v) is 3.11. The number of nitro groups is 1. The van der Waals surface area contributed by atoms with Crippen LogP contribution in [0.3, 0.4) is 0 Å². The first-order valence-electron chi connectivity index (χ1n) is 6.05. The maximum Gasteiger partial charge on any atom is 0.269 e. The summed E-state index contributed by atoms with van der Waals surface area (Å²) in [4.78, 5) is 15.6. The maximum atomic E-state index is 10.6. The number of nitrogens with zero attached hydrogens (tertiary/aromatic N) is 3. The highest BCUT2D eigenvalue weighted by atomic mass is 32.2. The van der Waals surface area contributed by atoms with Gasteiger partial charge >= 0.3 is 0 Å². The molecule has 0 aliphatic heterocycles. The Bertz CT molecular complexity index is 738. The molecule has 8 heteroatoms. The van der Waals surface area contributed by atoms with Gasteiger partial charge in [0.15, 0.2) is 5.82 Å². The van der Waals surface area contributed by atoms with Gasteiger partial charge in [-0.1, -0.05) is 30.0 Å². The molecule has 0 spiro atoms. The fraction of sp³-hybridized carbons (Fsp3) is 0.0769. The molecule has 3 aromatic rings. The number of rotatable bonds is 5. The lowest BCUT2D eigenvalue weighted by atomic mass is 10.2. The van der Waals surface area contributed by atoms with E-state index in [2.05, 4.69) is 15.2 Å². The van der Waals surface area contributed by atoms with Crippen LogP contribution in [-0.2, 0) is 5.75 Å². The summed E-state index contributed by atoms with van der Waals surface area (Å²) in [5.74, 6) is 1.43. The fourth-order valence-electron chi connectivity index (χ4n) is 1.70. The normalized spacial score (nSPS) is 10.7. The Hall–Kier alpha value is -2.19. The van der Waals surface area contributed by atoms with Crippen LogP contribution in [0.5, 0.6) is 0 Å². The number of H-pyrrole nitrogens is 1. The van der Waals surface area contributed by atoms with Crippen molar-refractivity contribution in [1.82, 2.24) is 15.2 Å². The molecule has 0 fully saturated rings. The van der Waals surface area contributed by atoms with Crippen LogP contribution in [0, 0.1) is 10.1 Å². The Morgan fingerprint density at radius 1 is 1.29 bits per heavy atom. The third kappa shape index (κ3) is 3.29. The minimum atomic E-state index is -0.403. The third-order valence-electron chi connectivity index (χ3n) is 2.73. The molecular formula is C13H10N4O2S2. The van der Waals surface area contributed by atoms with Crippen LogP contribution in [0.1, 0.15) is 5.56 Å². The van der Waals surface area contributed by atoms with Crippen LogP contribution in [0.2, 0.25) is 0 Å². The van der Waals surface area contributed by atoms with Crippen LogP contribution >= 0.6 is 23.1 Å². The summed E-state index contributed by atoms with van der Waals surface area (Å²) in [5.41, 5.74) is 1.09. The number of thioether (sulfide) groups is 1. The van der Waals surface area contributed by atoms with Crippen molar-refractivity contribution >= 4 is 28.8 Å². The number of benzene rings is 1. The summed E-state index contributed by atoms with van der Waals surface area (Å²) in [6.45, 7) is 0. The minimum Gasteiger partial charge on any atom is -0.258 e. The molecule has 106 valence electrons. The molecule has 0 saturated carbocycles. The smallest absolute Gasteiger partial charge is 0.258 e. The van der Waals surface area contributed by atoms with E-state index in [1.807, 2.05) is 17.5 Å². The van der Waals surface area contributed by atoms with Crippen molar-refractivity contribution in [2.24, 2.45) is 0 Å². The summed E-state index contributed by atoms with van der Waals surface area (Å²) in [7, 11) is 0. The van der Waals surface area contributed by atoms with Gasteiger partial charge in [-0.3, -0.25) is 15.2 Å². The highest BCUT2D eigenvalue weighted by molar-refractivity contribution is 7.98. The topological polar surface area (TPSA) is 84.7 Å². The van der Waals surface area contributed by atoms with Crippen LogP contribution in [-0.4, -0.2) is 20.1 Å². The molecule has 3 rings (SSSR count). The van der Waals surface area contributed by atoms with E-state index in [4.69, 9.17) is 0 Å². The molecule has 0 radical (unpaired) electrons. The predicted octanol–water partition coefficient (Wildman–Crippen LogP) is 3.73. The summed E-state index contributed by atoms with van der Waals surface area (Å²) >= 11 is 3.09. The number of nitro benzene ring substituents is 1. The number of aromatic nitrogens is 3. The Morgan fingerprint density at radius 2 is 2.10 bits per heavy atom. The molecule has 0 unspecified atom stereocenters. The van der Waals surface area contributed by atoms with E-state index in [0.29, 0.717) is 10.9 Å². The summed E-state index contributed by atoms with van der Waals surface area (Å²) in [6.07, 6.45) is 0. The second-order valence-electron chi connectivity index (χ2n) is 4.16. The summed E-state index contributed by atoms with van der Waals surface area (Å²) in [5, 5.41) is 20.3. The summed E-state index contributed by atoms with van der Waals surface area (Å²) < 4.78 is 0. The van der Waals surface area contributed by atoms with E-state index in [-0.39, 0.29) is 5.69 Å². The number of nitrogens with one attached hydrogen (secondary N) is 1. The van der Waals surface area contributed by atoms with E-state index in [9.17, 15) is 10.1 Å². The molecule has 2 heterocycles. The number of non-ortho nitro benzene ring substituents is 1. The van der Waals surface area contributed by atoms with Gasteiger partial charge in [0.05, 0.1) is 9.80 Å². The average molecular weight is 318 g/mol. The number of thiophene rings is 1. The molecule has 0 aliphatic carbocycles. The van der Waals surface area contributed by atoms with Gasteiger partial charge in [-0.15, -0.1) is 16.4 Å². The van der Waals surface area contributed by atoms with Crippen molar-refractivity contribution in [3.63, 3.8) is 0 Å². The molecule has 21 heavy (non-hydrogen) atoms. The van der Waals surface area contributed by atoms with E-state index >= 15 is 0 Å². The van der Waals surface area contributed by atoms with Crippen molar-refractivity contribution in [3.8, 4) is 10.7 Å². The highest BCUT2D eigenvalue weighted by Gasteiger charge is 2.08. The van der Waals surface area contributed by atoms with E-state index in [1.54, 1.807) is 23.5 Å². The van der Waals surface area contributed by atoms with Gasteiger partial charge < -0.3 is 0 Å². The second-order valence-corrected chi connectivity index (χ2v) is 6.05. The lowest BCUT2D eigenvalue weighted by Crippen LogP contribution is -1.88. The van der Waals surface area contributed by atoms with Crippen molar-refractivity contribution < 1.29 is 4.92 Å². The molecule has 0 bridgehead atoms. The molecule has 2 aromatic heterocycles. The van der Waals surface area contributed by atoms with Gasteiger partial charge in [-0.05, 0) is 17.0 Å². The lowest BCUT2D eigenvalue weighted by Gasteiger charge is -1.98. The zero-order valence-corrected chi connectivity index (χ0v) is 12.4. The van der Waals surface area contributed by atoms with E-state index in [1.165, 1.54) is 23.9 Å². The van der Waals surface area contributed by atoms with E-state index < -0.39 is 4.92 Å². The quantitative estimate of drug-likeness (QED) is 0.440. The third-order valence-corrected chi connectivity index (χ3v) is 4.53. The first-order valence-corrected chi connectivity index (χ1v) is 7.91. The van der Waals surface area contributed by atoms with Gasteiger partial charge in [0, 0.05) is 17.9 Å². The standard InChI is InChI=1S/C13H10N4O2S2/c18-17(19)10-5-3-9(4-6-10)8-21-13-14-12(15-16-13)11-2-1-7-20-11/h1-7H,8H2,(H,14,15,16). The Balaban J connectivity index is 1.64. The molecule has 1 N–H and O–H groups in total. The SMILES string of the molecule is O=[N+]([O-])c1ccc(CSc2n[nH]c(-c3cccs3)n2)cc1. The zero-order chi connectivity index (χ0) is 14.7. The molecule has 0 saturated heterocycles. The van der Waals surface area contributed by atoms with Crippen LogP contribution < -0.4 is 0 Å². The van der Waals surface area contributed by atoms with Gasteiger partial charge in [0.2, 0.25) is 5.16 Å². The largest absolute Gasteiger partial charge is 0.269 e. The highest BCUT2D eigenvalue weighted by Crippen LogP contribution is 2.25. The maximum absolute atomic E-state index is 10.6. The molecule has 1 aromatic carbocycles. The number of hydrogen-bond donors (Lipinski definition) is 1. The molecular weight excluding hydrogens is 308 g/mol. The lowest BCUT2D eigenvalue weighted by molar-refractivity contribution is -0.384. The first kappa shape index (κ1) is 13.8. The molecule has 0 amide bonds. The van der Waals surface area contributed by atoms with Crippen molar-refractivity contribution in [3.05, 3.63) is 57.5 Å². The monoisotopic (exact) mass is 318 g/mol. The Morgan fingerprint density at radius 3 is 2.76 bits per heavy atom. The zero-order valence-electron chi connectivity index (χ0n) is 10.7. The predicted molar refractivity (Wildman–Crippen MR) is 82.4 cm³/mol. The van der Waals surface area contributed by atoms with Gasteiger partial charge in [-0.2, -0.15) is 0 Å². The van der Waals surface area contributed by atoms with Gasteiger partial charge in [0.25, 0.3) is 5.69 Å². The first-order chi connectivity index (χ1) is 10.2. The second kappa shape index (κ2) is 6.06. The van der Waals surface area contributed by atoms with Crippen molar-refractivity contribution in [1.29, 1.82) is 0 Å². The minimum absolute atomic E-state index is 0.0987. The molecule has 6 nitrogen and oxygen atoms in total. The van der Waals surface area contributed by atoms with Crippen molar-refractivity contribution in [2.75, 3.05) is 0 Å². The van der Waals surface area contributed by atoms with Crippen LogP contribution in [0.15, 0.2) is 46.9 Å². The molecule has 0 aliphatic rings. The number of aromatic amines is 1. The Kier molecular flexibility index (Phi) is 3.98. The Labute approximate surface area is 128 Å². The van der Waals surface area contributed by atoms with Crippen LogP contribution in [0.4, 0.5) is 5.69 Å². The molecule has 0 atom stereocenters. The number of hydrogen-bond acceptors (Lipinski definition) is 6. The van der Waals surface area contributed by atoms with Gasteiger partial charge in [-0.25, -0.2) is 4.98 Å². The average Bonchev–Trinajstić information content (AvgIpc) is 3.16.